The molecule has 1 rings (SSSR count). The third-order valence-electron chi connectivity index (χ3n) is 2.69. The van der Waals surface area contributed by atoms with Crippen molar-refractivity contribution in [3.8, 4) is 5.75 Å². The van der Waals surface area contributed by atoms with Gasteiger partial charge in [-0.2, -0.15) is 0 Å². The van der Waals surface area contributed by atoms with E-state index in [2.05, 4.69) is 5.32 Å². The molecule has 6 heteroatoms. The topological polar surface area (TPSA) is 78.9 Å². The van der Waals surface area contributed by atoms with Gasteiger partial charge in [-0.05, 0) is 31.5 Å². The molecule has 0 heterocycles. The molecule has 110 valence electrons. The standard InChI is InChI=1S/C14H20N2O4/c1-4-20-12-9-10(2)5-6-11(12)15-14(19)16(3)8-7-13(17)18/h5-6,9H,4,7-8H2,1-3H3,(H,15,19)(H,17,18). The van der Waals surface area contributed by atoms with E-state index in [1.165, 1.54) is 4.90 Å². The minimum atomic E-state index is -0.935. The molecule has 0 bridgehead atoms. The molecule has 0 fully saturated rings. The highest BCUT2D eigenvalue weighted by molar-refractivity contribution is 5.91. The number of carboxylic acids is 1. The average Bonchev–Trinajstić information content (AvgIpc) is 2.39. The van der Waals surface area contributed by atoms with Gasteiger partial charge in [0.2, 0.25) is 0 Å². The van der Waals surface area contributed by atoms with Crippen LogP contribution in [0.4, 0.5) is 10.5 Å². The molecular formula is C14H20N2O4. The normalized spacial score (nSPS) is 9.95. The van der Waals surface area contributed by atoms with Gasteiger partial charge in [-0.1, -0.05) is 6.07 Å². The number of amides is 2. The van der Waals surface area contributed by atoms with Crippen molar-refractivity contribution < 1.29 is 19.4 Å². The van der Waals surface area contributed by atoms with Crippen LogP contribution in [0, 0.1) is 6.92 Å². The zero-order valence-corrected chi connectivity index (χ0v) is 12.0. The number of urea groups is 1. The number of hydrogen-bond acceptors (Lipinski definition) is 3. The Kier molecular flexibility index (Phi) is 5.83. The number of nitrogens with zero attached hydrogens (tertiary/aromatic N) is 1. The zero-order valence-electron chi connectivity index (χ0n) is 12.0. The molecule has 1 aromatic carbocycles. The van der Waals surface area contributed by atoms with E-state index in [0.29, 0.717) is 18.0 Å². The van der Waals surface area contributed by atoms with Crippen molar-refractivity contribution in [1.29, 1.82) is 0 Å². The Morgan fingerprint density at radius 3 is 2.70 bits per heavy atom. The van der Waals surface area contributed by atoms with Crippen LogP contribution in [0.2, 0.25) is 0 Å². The molecule has 0 radical (unpaired) electrons. The lowest BCUT2D eigenvalue weighted by atomic mass is 10.2. The van der Waals surface area contributed by atoms with Crippen molar-refractivity contribution in [2.75, 3.05) is 25.5 Å². The van der Waals surface area contributed by atoms with Crippen LogP contribution in [0.3, 0.4) is 0 Å². The lowest BCUT2D eigenvalue weighted by Crippen LogP contribution is -2.33. The lowest BCUT2D eigenvalue weighted by Gasteiger charge is -2.18. The first-order valence-electron chi connectivity index (χ1n) is 6.41. The fraction of sp³-hybridized carbons (Fsp3) is 0.429. The van der Waals surface area contributed by atoms with Crippen LogP contribution < -0.4 is 10.1 Å². The van der Waals surface area contributed by atoms with Crippen molar-refractivity contribution in [1.82, 2.24) is 4.90 Å². The van der Waals surface area contributed by atoms with Gasteiger partial charge in [0.05, 0.1) is 18.7 Å². The number of rotatable bonds is 6. The number of aliphatic carboxylic acids is 1. The maximum absolute atomic E-state index is 11.9. The predicted octanol–water partition coefficient (Wildman–Crippen LogP) is 2.33. The largest absolute Gasteiger partial charge is 0.492 e. The van der Waals surface area contributed by atoms with E-state index in [-0.39, 0.29) is 19.0 Å². The molecule has 0 atom stereocenters. The quantitative estimate of drug-likeness (QED) is 0.838. The molecule has 0 saturated heterocycles. The third-order valence-corrected chi connectivity index (χ3v) is 2.69. The molecule has 0 saturated carbocycles. The molecule has 0 aliphatic carbocycles. The minimum absolute atomic E-state index is 0.0872. The van der Waals surface area contributed by atoms with Crippen molar-refractivity contribution in [3.63, 3.8) is 0 Å². The van der Waals surface area contributed by atoms with E-state index < -0.39 is 5.97 Å². The van der Waals surface area contributed by atoms with Gasteiger partial charge < -0.3 is 20.1 Å². The Labute approximate surface area is 118 Å². The number of anilines is 1. The molecule has 1 aromatic rings. The number of carboxylic acid groups (broad SMARTS) is 1. The van der Waals surface area contributed by atoms with Gasteiger partial charge in [0.15, 0.2) is 0 Å². The van der Waals surface area contributed by atoms with Crippen LogP contribution in [0.1, 0.15) is 18.9 Å². The molecule has 2 N–H and O–H groups in total. The Morgan fingerprint density at radius 1 is 1.40 bits per heavy atom. The Bertz CT molecular complexity index is 488. The smallest absolute Gasteiger partial charge is 0.321 e. The van der Waals surface area contributed by atoms with Gasteiger partial charge in [0.1, 0.15) is 5.75 Å². The summed E-state index contributed by atoms with van der Waals surface area (Å²) in [5, 5.41) is 11.3. The van der Waals surface area contributed by atoms with E-state index in [1.807, 2.05) is 26.0 Å². The summed E-state index contributed by atoms with van der Waals surface area (Å²) in [6.07, 6.45) is -0.0872. The van der Waals surface area contributed by atoms with Crippen LogP contribution in [0.25, 0.3) is 0 Å². The summed E-state index contributed by atoms with van der Waals surface area (Å²) in [5.41, 5.74) is 1.61. The second-order valence-electron chi connectivity index (χ2n) is 4.43. The highest BCUT2D eigenvalue weighted by Gasteiger charge is 2.13. The molecule has 2 amide bonds. The van der Waals surface area contributed by atoms with Gasteiger partial charge in [0.25, 0.3) is 0 Å². The number of carbonyl (C=O) groups excluding carboxylic acids is 1. The van der Waals surface area contributed by atoms with E-state index in [4.69, 9.17) is 9.84 Å². The second kappa shape index (κ2) is 7.37. The van der Waals surface area contributed by atoms with Crippen LogP contribution in [0.15, 0.2) is 18.2 Å². The van der Waals surface area contributed by atoms with Crippen LogP contribution >= 0.6 is 0 Å². The summed E-state index contributed by atoms with van der Waals surface area (Å²) < 4.78 is 5.47. The van der Waals surface area contributed by atoms with Gasteiger partial charge in [-0.3, -0.25) is 4.79 Å². The Hall–Kier alpha value is -2.24. The zero-order chi connectivity index (χ0) is 15.1. The second-order valence-corrected chi connectivity index (χ2v) is 4.43. The van der Waals surface area contributed by atoms with Gasteiger partial charge in [-0.25, -0.2) is 4.79 Å². The minimum Gasteiger partial charge on any atom is -0.492 e. The molecular weight excluding hydrogens is 260 g/mol. The van der Waals surface area contributed by atoms with Crippen molar-refractivity contribution in [2.45, 2.75) is 20.3 Å². The summed E-state index contributed by atoms with van der Waals surface area (Å²) in [7, 11) is 1.55. The summed E-state index contributed by atoms with van der Waals surface area (Å²) in [6, 6.07) is 5.12. The molecule has 0 aliphatic heterocycles. The lowest BCUT2D eigenvalue weighted by molar-refractivity contribution is -0.137. The van der Waals surface area contributed by atoms with Gasteiger partial charge >= 0.3 is 12.0 Å². The molecule has 0 aromatic heterocycles. The maximum atomic E-state index is 11.9. The Balaban J connectivity index is 2.71. The fourth-order valence-electron chi connectivity index (χ4n) is 1.58. The first-order valence-corrected chi connectivity index (χ1v) is 6.41. The molecule has 0 spiro atoms. The van der Waals surface area contributed by atoms with Crippen molar-refractivity contribution >= 4 is 17.7 Å². The molecule has 6 nitrogen and oxygen atoms in total. The fourth-order valence-corrected chi connectivity index (χ4v) is 1.58. The summed E-state index contributed by atoms with van der Waals surface area (Å²) >= 11 is 0. The third kappa shape index (κ3) is 4.79. The number of ether oxygens (including phenoxy) is 1. The SMILES string of the molecule is CCOc1cc(C)ccc1NC(=O)N(C)CCC(=O)O. The van der Waals surface area contributed by atoms with Crippen molar-refractivity contribution in [3.05, 3.63) is 23.8 Å². The van der Waals surface area contributed by atoms with Gasteiger partial charge in [0, 0.05) is 13.6 Å². The summed E-state index contributed by atoms with van der Waals surface area (Å²) in [5.74, 6) is -0.331. The number of benzene rings is 1. The molecule has 0 aliphatic rings. The van der Waals surface area contributed by atoms with E-state index >= 15 is 0 Å². The number of carbonyl (C=O) groups is 2. The van der Waals surface area contributed by atoms with E-state index in [9.17, 15) is 9.59 Å². The molecule has 20 heavy (non-hydrogen) atoms. The van der Waals surface area contributed by atoms with Crippen LogP contribution in [0.5, 0.6) is 5.75 Å². The number of nitrogens with one attached hydrogen (secondary N) is 1. The maximum Gasteiger partial charge on any atom is 0.321 e. The van der Waals surface area contributed by atoms with E-state index in [0.717, 1.165) is 5.56 Å². The summed E-state index contributed by atoms with van der Waals surface area (Å²) in [4.78, 5) is 23.7. The highest BCUT2D eigenvalue weighted by Crippen LogP contribution is 2.25. The number of hydrogen-bond donors (Lipinski definition) is 2. The first kappa shape index (κ1) is 15.8. The summed E-state index contributed by atoms with van der Waals surface area (Å²) in [6.45, 7) is 4.46. The van der Waals surface area contributed by atoms with E-state index in [1.54, 1.807) is 13.1 Å². The van der Waals surface area contributed by atoms with Crippen LogP contribution in [-0.2, 0) is 4.79 Å². The Morgan fingerprint density at radius 2 is 2.10 bits per heavy atom. The first-order chi connectivity index (χ1) is 9.43. The predicted molar refractivity (Wildman–Crippen MR) is 76.2 cm³/mol. The van der Waals surface area contributed by atoms with Gasteiger partial charge in [-0.15, -0.1) is 0 Å². The van der Waals surface area contributed by atoms with Crippen molar-refractivity contribution in [2.24, 2.45) is 0 Å². The van der Waals surface area contributed by atoms with Crippen LogP contribution in [-0.4, -0.2) is 42.2 Å². The average molecular weight is 280 g/mol. The monoisotopic (exact) mass is 280 g/mol. The number of aryl methyl sites for hydroxylation is 1. The highest BCUT2D eigenvalue weighted by atomic mass is 16.5. The molecule has 0 unspecified atom stereocenters.